The van der Waals surface area contributed by atoms with Gasteiger partial charge in [0, 0.05) is 18.7 Å². The molecule has 1 aromatic carbocycles. The van der Waals surface area contributed by atoms with Gasteiger partial charge >= 0.3 is 6.03 Å². The Labute approximate surface area is 125 Å². The second kappa shape index (κ2) is 6.66. The third-order valence-corrected chi connectivity index (χ3v) is 4.06. The fraction of sp³-hybridized carbons (Fsp3) is 0.471. The fourth-order valence-corrected chi connectivity index (χ4v) is 2.91. The number of rotatable bonds is 4. The molecule has 4 nitrogen and oxygen atoms in total. The third-order valence-electron chi connectivity index (χ3n) is 4.06. The maximum atomic E-state index is 11.9. The summed E-state index contributed by atoms with van der Waals surface area (Å²) in [5.74, 6) is 0.935. The summed E-state index contributed by atoms with van der Waals surface area (Å²) in [6.07, 6.45) is 9.18. The van der Waals surface area contributed by atoms with Crippen LogP contribution in [0.1, 0.15) is 37.7 Å². The van der Waals surface area contributed by atoms with E-state index in [-0.39, 0.29) is 6.03 Å². The largest absolute Gasteiger partial charge is 0.493 e. The number of urea groups is 1. The highest BCUT2D eigenvalue weighted by atomic mass is 16.5. The molecule has 4 heteroatoms. The summed E-state index contributed by atoms with van der Waals surface area (Å²) < 4.78 is 5.46. The first-order chi connectivity index (χ1) is 10.3. The number of fused-ring (bicyclic) bond motifs is 1. The molecule has 0 fully saturated rings. The zero-order valence-corrected chi connectivity index (χ0v) is 12.3. The Morgan fingerprint density at radius 2 is 2.19 bits per heavy atom. The normalized spacial score (nSPS) is 16.7. The van der Waals surface area contributed by atoms with E-state index in [0.717, 1.165) is 30.9 Å². The van der Waals surface area contributed by atoms with E-state index in [1.165, 1.54) is 36.8 Å². The lowest BCUT2D eigenvalue weighted by Crippen LogP contribution is -2.29. The van der Waals surface area contributed by atoms with Crippen LogP contribution in [0.2, 0.25) is 0 Å². The van der Waals surface area contributed by atoms with Crippen molar-refractivity contribution in [3.8, 4) is 5.75 Å². The molecule has 3 rings (SSSR count). The minimum absolute atomic E-state index is 0.134. The molecule has 1 aliphatic carbocycles. The molecule has 1 aromatic rings. The number of anilines is 1. The number of benzene rings is 1. The van der Waals surface area contributed by atoms with Gasteiger partial charge < -0.3 is 15.4 Å². The van der Waals surface area contributed by atoms with E-state index in [2.05, 4.69) is 16.7 Å². The van der Waals surface area contributed by atoms with Gasteiger partial charge in [-0.2, -0.15) is 0 Å². The minimum atomic E-state index is -0.134. The lowest BCUT2D eigenvalue weighted by Gasteiger charge is -2.13. The summed E-state index contributed by atoms with van der Waals surface area (Å²) in [6, 6.07) is 5.66. The van der Waals surface area contributed by atoms with Crippen LogP contribution in [0.15, 0.2) is 29.8 Å². The molecular formula is C17H22N2O2. The monoisotopic (exact) mass is 286 g/mol. The average Bonchev–Trinajstić information content (AvgIpc) is 2.96. The van der Waals surface area contributed by atoms with Crippen molar-refractivity contribution in [2.24, 2.45) is 0 Å². The van der Waals surface area contributed by atoms with Gasteiger partial charge in [-0.25, -0.2) is 4.79 Å². The SMILES string of the molecule is O=C(NCCC1=CCCCC1)Nc1ccc2c(c1)CCO2. The molecule has 112 valence electrons. The van der Waals surface area contributed by atoms with E-state index in [1.807, 2.05) is 18.2 Å². The first kappa shape index (κ1) is 14.0. The number of amides is 2. The lowest BCUT2D eigenvalue weighted by atomic mass is 9.97. The molecule has 0 radical (unpaired) electrons. The molecule has 2 aliphatic rings. The molecule has 0 spiro atoms. The highest BCUT2D eigenvalue weighted by molar-refractivity contribution is 5.89. The topological polar surface area (TPSA) is 50.4 Å². The van der Waals surface area contributed by atoms with Gasteiger partial charge in [0.25, 0.3) is 0 Å². The summed E-state index contributed by atoms with van der Waals surface area (Å²) >= 11 is 0. The predicted octanol–water partition coefficient (Wildman–Crippen LogP) is 3.63. The van der Waals surface area contributed by atoms with Crippen molar-refractivity contribution < 1.29 is 9.53 Å². The molecule has 1 aliphatic heterocycles. The lowest BCUT2D eigenvalue weighted by molar-refractivity contribution is 0.252. The Kier molecular flexibility index (Phi) is 4.43. The Hall–Kier alpha value is -1.97. The highest BCUT2D eigenvalue weighted by Gasteiger charge is 2.12. The van der Waals surface area contributed by atoms with E-state index >= 15 is 0 Å². The van der Waals surface area contributed by atoms with Crippen molar-refractivity contribution >= 4 is 11.7 Å². The summed E-state index contributed by atoms with van der Waals surface area (Å²) in [5, 5.41) is 5.81. The van der Waals surface area contributed by atoms with Crippen molar-refractivity contribution in [1.29, 1.82) is 0 Å². The Bertz CT molecular complexity index is 552. The molecule has 0 saturated carbocycles. The molecule has 2 N–H and O–H groups in total. The number of nitrogens with one attached hydrogen (secondary N) is 2. The smallest absolute Gasteiger partial charge is 0.319 e. The van der Waals surface area contributed by atoms with Gasteiger partial charge in [-0.05, 0) is 55.9 Å². The molecule has 0 saturated heterocycles. The molecule has 2 amide bonds. The first-order valence-electron chi connectivity index (χ1n) is 7.80. The van der Waals surface area contributed by atoms with Crippen LogP contribution in [-0.4, -0.2) is 19.2 Å². The second-order valence-corrected chi connectivity index (χ2v) is 5.66. The van der Waals surface area contributed by atoms with Crippen molar-refractivity contribution in [2.45, 2.75) is 38.5 Å². The highest BCUT2D eigenvalue weighted by Crippen LogP contribution is 2.27. The quantitative estimate of drug-likeness (QED) is 0.830. The van der Waals surface area contributed by atoms with Gasteiger partial charge in [-0.15, -0.1) is 0 Å². The van der Waals surface area contributed by atoms with Crippen LogP contribution < -0.4 is 15.4 Å². The third kappa shape index (κ3) is 3.78. The Balaban J connectivity index is 1.44. The molecule has 0 aromatic heterocycles. The summed E-state index contributed by atoms with van der Waals surface area (Å²) in [7, 11) is 0. The fourth-order valence-electron chi connectivity index (χ4n) is 2.91. The predicted molar refractivity (Wildman–Crippen MR) is 83.8 cm³/mol. The number of ether oxygens (including phenoxy) is 1. The molecule has 0 unspecified atom stereocenters. The first-order valence-corrected chi connectivity index (χ1v) is 7.80. The van der Waals surface area contributed by atoms with Crippen LogP contribution >= 0.6 is 0 Å². The van der Waals surface area contributed by atoms with E-state index in [4.69, 9.17) is 4.74 Å². The number of hydrogen-bond donors (Lipinski definition) is 2. The zero-order chi connectivity index (χ0) is 14.5. The molecule has 0 bridgehead atoms. The molecular weight excluding hydrogens is 264 g/mol. The van der Waals surface area contributed by atoms with Crippen LogP contribution in [0.4, 0.5) is 10.5 Å². The van der Waals surface area contributed by atoms with Crippen molar-refractivity contribution in [2.75, 3.05) is 18.5 Å². The van der Waals surface area contributed by atoms with E-state index in [0.29, 0.717) is 6.54 Å². The Morgan fingerprint density at radius 3 is 3.05 bits per heavy atom. The van der Waals surface area contributed by atoms with Crippen molar-refractivity contribution in [1.82, 2.24) is 5.32 Å². The maximum absolute atomic E-state index is 11.9. The van der Waals surface area contributed by atoms with Crippen molar-refractivity contribution in [3.05, 3.63) is 35.4 Å². The van der Waals surface area contributed by atoms with Gasteiger partial charge in [-0.1, -0.05) is 11.6 Å². The van der Waals surface area contributed by atoms with Crippen LogP contribution in [0.3, 0.4) is 0 Å². The van der Waals surface area contributed by atoms with Gasteiger partial charge in [-0.3, -0.25) is 0 Å². The summed E-state index contributed by atoms with van der Waals surface area (Å²) in [5.41, 5.74) is 3.48. The van der Waals surface area contributed by atoms with Crippen LogP contribution in [0, 0.1) is 0 Å². The standard InChI is InChI=1S/C17H22N2O2/c20-17(18-10-8-13-4-2-1-3-5-13)19-15-6-7-16-14(12-15)9-11-21-16/h4,6-7,12H,1-3,5,8-11H2,(H2,18,19,20). The number of allylic oxidation sites excluding steroid dienone is 1. The van der Waals surface area contributed by atoms with E-state index < -0.39 is 0 Å². The Morgan fingerprint density at radius 1 is 1.24 bits per heavy atom. The number of carbonyl (C=O) groups is 1. The second-order valence-electron chi connectivity index (χ2n) is 5.66. The average molecular weight is 286 g/mol. The molecule has 21 heavy (non-hydrogen) atoms. The minimum Gasteiger partial charge on any atom is -0.493 e. The van der Waals surface area contributed by atoms with Gasteiger partial charge in [0.1, 0.15) is 5.75 Å². The molecule has 1 heterocycles. The van der Waals surface area contributed by atoms with Gasteiger partial charge in [0.2, 0.25) is 0 Å². The maximum Gasteiger partial charge on any atom is 0.319 e. The zero-order valence-electron chi connectivity index (χ0n) is 12.3. The van der Waals surface area contributed by atoms with Crippen LogP contribution in [0.25, 0.3) is 0 Å². The number of carbonyl (C=O) groups excluding carboxylic acids is 1. The van der Waals surface area contributed by atoms with Crippen molar-refractivity contribution in [3.63, 3.8) is 0 Å². The van der Waals surface area contributed by atoms with Crippen LogP contribution in [-0.2, 0) is 6.42 Å². The van der Waals surface area contributed by atoms with E-state index in [9.17, 15) is 4.79 Å². The van der Waals surface area contributed by atoms with Gasteiger partial charge in [0.15, 0.2) is 0 Å². The van der Waals surface area contributed by atoms with E-state index in [1.54, 1.807) is 0 Å². The van der Waals surface area contributed by atoms with Crippen LogP contribution in [0.5, 0.6) is 5.75 Å². The molecule has 0 atom stereocenters. The van der Waals surface area contributed by atoms with Gasteiger partial charge in [0.05, 0.1) is 6.61 Å². The number of hydrogen-bond acceptors (Lipinski definition) is 2. The summed E-state index contributed by atoms with van der Waals surface area (Å²) in [4.78, 5) is 11.9. The summed E-state index contributed by atoms with van der Waals surface area (Å²) in [6.45, 7) is 1.44.